The van der Waals surface area contributed by atoms with E-state index in [1.54, 1.807) is 18.2 Å². The van der Waals surface area contributed by atoms with Crippen molar-refractivity contribution in [3.05, 3.63) is 34.3 Å². The predicted molar refractivity (Wildman–Crippen MR) is 54.0 cm³/mol. The normalized spacial score (nSPS) is 10.5. The molecule has 0 atom stereocenters. The Hall–Kier alpha value is -1.29. The number of benzene rings is 1. The van der Waals surface area contributed by atoms with Gasteiger partial charge in [-0.25, -0.2) is 0 Å². The highest BCUT2D eigenvalue weighted by Gasteiger charge is 2.00. The number of rotatable bonds is 2. The SMILES string of the molecule is NC(=O)C=Cc1cccc(Br)c1O. The van der Waals surface area contributed by atoms with Gasteiger partial charge in [0, 0.05) is 11.6 Å². The highest BCUT2D eigenvalue weighted by molar-refractivity contribution is 9.10. The molecule has 1 aromatic rings. The summed E-state index contributed by atoms with van der Waals surface area (Å²) in [7, 11) is 0. The van der Waals surface area contributed by atoms with E-state index in [0.29, 0.717) is 10.0 Å². The van der Waals surface area contributed by atoms with Gasteiger partial charge in [-0.2, -0.15) is 0 Å². The van der Waals surface area contributed by atoms with Crippen molar-refractivity contribution in [1.82, 2.24) is 0 Å². The van der Waals surface area contributed by atoms with Crippen molar-refractivity contribution < 1.29 is 9.90 Å². The number of amides is 1. The molecular weight excluding hydrogens is 234 g/mol. The summed E-state index contributed by atoms with van der Waals surface area (Å²) in [5, 5.41) is 9.46. The average molecular weight is 242 g/mol. The van der Waals surface area contributed by atoms with Gasteiger partial charge in [0.25, 0.3) is 0 Å². The summed E-state index contributed by atoms with van der Waals surface area (Å²) in [4.78, 5) is 10.4. The van der Waals surface area contributed by atoms with Crippen LogP contribution in [0.3, 0.4) is 0 Å². The van der Waals surface area contributed by atoms with E-state index in [4.69, 9.17) is 5.73 Å². The van der Waals surface area contributed by atoms with Gasteiger partial charge in [-0.05, 0) is 28.1 Å². The van der Waals surface area contributed by atoms with Crippen LogP contribution in [0.2, 0.25) is 0 Å². The number of primary amides is 1. The van der Waals surface area contributed by atoms with Gasteiger partial charge in [0.05, 0.1) is 4.47 Å². The van der Waals surface area contributed by atoms with Gasteiger partial charge in [-0.1, -0.05) is 12.1 Å². The highest BCUT2D eigenvalue weighted by Crippen LogP contribution is 2.27. The van der Waals surface area contributed by atoms with E-state index in [9.17, 15) is 9.90 Å². The number of phenolic OH excluding ortho intramolecular Hbond substituents is 1. The number of hydrogen-bond donors (Lipinski definition) is 2. The molecule has 1 amide bonds. The van der Waals surface area contributed by atoms with Crippen LogP contribution in [0.4, 0.5) is 0 Å². The van der Waals surface area contributed by atoms with Gasteiger partial charge < -0.3 is 10.8 Å². The molecule has 0 saturated carbocycles. The lowest BCUT2D eigenvalue weighted by Crippen LogP contribution is -2.05. The molecule has 0 bridgehead atoms. The number of hydrogen-bond acceptors (Lipinski definition) is 2. The Bertz CT molecular complexity index is 361. The maximum absolute atomic E-state index is 10.4. The van der Waals surface area contributed by atoms with Crippen LogP contribution in [0.15, 0.2) is 28.7 Å². The predicted octanol–water partition coefficient (Wildman–Crippen LogP) is 1.65. The summed E-state index contributed by atoms with van der Waals surface area (Å²) >= 11 is 3.15. The van der Waals surface area contributed by atoms with Crippen LogP contribution in [-0.2, 0) is 4.79 Å². The summed E-state index contributed by atoms with van der Waals surface area (Å²) in [6.07, 6.45) is 2.66. The van der Waals surface area contributed by atoms with Gasteiger partial charge in [-0.15, -0.1) is 0 Å². The lowest BCUT2D eigenvalue weighted by atomic mass is 10.2. The molecule has 0 aromatic heterocycles. The second-order valence-corrected chi connectivity index (χ2v) is 3.27. The Labute approximate surface area is 84.0 Å². The molecule has 3 nitrogen and oxygen atoms in total. The number of para-hydroxylation sites is 1. The van der Waals surface area contributed by atoms with E-state index in [0.717, 1.165) is 0 Å². The minimum Gasteiger partial charge on any atom is -0.506 e. The van der Waals surface area contributed by atoms with Crippen LogP contribution in [0.5, 0.6) is 5.75 Å². The Morgan fingerprint density at radius 2 is 2.23 bits per heavy atom. The number of carbonyl (C=O) groups is 1. The van der Waals surface area contributed by atoms with Gasteiger partial charge in [-0.3, -0.25) is 4.79 Å². The molecule has 0 spiro atoms. The van der Waals surface area contributed by atoms with Crippen molar-refractivity contribution in [3.63, 3.8) is 0 Å². The van der Waals surface area contributed by atoms with Crippen LogP contribution < -0.4 is 5.73 Å². The number of halogens is 1. The number of nitrogens with two attached hydrogens (primary N) is 1. The van der Waals surface area contributed by atoms with Crippen LogP contribution >= 0.6 is 15.9 Å². The summed E-state index contributed by atoms with van der Waals surface area (Å²) in [6, 6.07) is 5.14. The first-order valence-electron chi connectivity index (χ1n) is 3.56. The zero-order valence-electron chi connectivity index (χ0n) is 6.70. The third-order valence-corrected chi connectivity index (χ3v) is 2.09. The van der Waals surface area contributed by atoms with Crippen molar-refractivity contribution in [2.75, 3.05) is 0 Å². The van der Waals surface area contributed by atoms with Crippen LogP contribution in [0, 0.1) is 0 Å². The molecule has 0 saturated heterocycles. The van der Waals surface area contributed by atoms with E-state index >= 15 is 0 Å². The quantitative estimate of drug-likeness (QED) is 0.774. The number of carbonyl (C=O) groups excluding carboxylic acids is 1. The summed E-state index contributed by atoms with van der Waals surface area (Å²) in [5.41, 5.74) is 5.46. The van der Waals surface area contributed by atoms with Crippen molar-refractivity contribution in [1.29, 1.82) is 0 Å². The van der Waals surface area contributed by atoms with Gasteiger partial charge in [0.1, 0.15) is 5.75 Å². The van der Waals surface area contributed by atoms with Crippen molar-refractivity contribution in [2.45, 2.75) is 0 Å². The molecule has 3 N–H and O–H groups in total. The van der Waals surface area contributed by atoms with E-state index < -0.39 is 5.91 Å². The van der Waals surface area contributed by atoms with E-state index in [-0.39, 0.29) is 5.75 Å². The van der Waals surface area contributed by atoms with Crippen LogP contribution in [0.1, 0.15) is 5.56 Å². The van der Waals surface area contributed by atoms with Crippen molar-refractivity contribution in [3.8, 4) is 5.75 Å². The first-order chi connectivity index (χ1) is 6.11. The topological polar surface area (TPSA) is 63.3 Å². The number of aromatic hydroxyl groups is 1. The summed E-state index contributed by atoms with van der Waals surface area (Å²) < 4.78 is 0.583. The lowest BCUT2D eigenvalue weighted by molar-refractivity contribution is -0.113. The minimum atomic E-state index is -0.542. The maximum Gasteiger partial charge on any atom is 0.241 e. The largest absolute Gasteiger partial charge is 0.506 e. The molecule has 1 rings (SSSR count). The molecule has 0 unspecified atom stereocenters. The second-order valence-electron chi connectivity index (χ2n) is 2.41. The standard InChI is InChI=1S/C9H8BrNO2/c10-7-3-1-2-6(9(7)13)4-5-8(11)12/h1-5,13H,(H2,11,12). The van der Waals surface area contributed by atoms with Crippen molar-refractivity contribution >= 4 is 27.9 Å². The summed E-state index contributed by atoms with van der Waals surface area (Å²) in [6.45, 7) is 0. The first kappa shape index (κ1) is 9.80. The Morgan fingerprint density at radius 1 is 1.54 bits per heavy atom. The van der Waals surface area contributed by atoms with Crippen LogP contribution in [-0.4, -0.2) is 11.0 Å². The van der Waals surface area contributed by atoms with E-state index in [2.05, 4.69) is 15.9 Å². The lowest BCUT2D eigenvalue weighted by Gasteiger charge is -1.99. The van der Waals surface area contributed by atoms with Gasteiger partial charge in [0.2, 0.25) is 5.91 Å². The third-order valence-electron chi connectivity index (χ3n) is 1.45. The highest BCUT2D eigenvalue weighted by atomic mass is 79.9. The molecule has 13 heavy (non-hydrogen) atoms. The van der Waals surface area contributed by atoms with E-state index in [1.165, 1.54) is 12.2 Å². The molecule has 0 aliphatic heterocycles. The second kappa shape index (κ2) is 4.09. The average Bonchev–Trinajstić information content (AvgIpc) is 2.07. The molecule has 0 radical (unpaired) electrons. The van der Waals surface area contributed by atoms with E-state index in [1.807, 2.05) is 0 Å². The van der Waals surface area contributed by atoms with Gasteiger partial charge >= 0.3 is 0 Å². The Kier molecular flexibility index (Phi) is 3.08. The smallest absolute Gasteiger partial charge is 0.241 e. The molecule has 4 heteroatoms. The number of phenols is 1. The summed E-state index contributed by atoms with van der Waals surface area (Å²) in [5.74, 6) is -0.445. The minimum absolute atomic E-state index is 0.0972. The maximum atomic E-state index is 10.4. The molecule has 0 fully saturated rings. The van der Waals surface area contributed by atoms with Gasteiger partial charge in [0.15, 0.2) is 0 Å². The molecule has 1 aromatic carbocycles. The fourth-order valence-electron chi connectivity index (χ4n) is 0.838. The molecule has 0 heterocycles. The molecule has 0 aliphatic carbocycles. The molecular formula is C9H8BrNO2. The first-order valence-corrected chi connectivity index (χ1v) is 4.35. The third kappa shape index (κ3) is 2.59. The monoisotopic (exact) mass is 241 g/mol. The Balaban J connectivity index is 3.02. The molecule has 68 valence electrons. The Morgan fingerprint density at radius 3 is 2.85 bits per heavy atom. The van der Waals surface area contributed by atoms with Crippen molar-refractivity contribution in [2.24, 2.45) is 5.73 Å². The zero-order valence-corrected chi connectivity index (χ0v) is 8.28. The van der Waals surface area contributed by atoms with Crippen LogP contribution in [0.25, 0.3) is 6.08 Å². The zero-order chi connectivity index (χ0) is 9.84. The fraction of sp³-hybridized carbons (Fsp3) is 0. The molecule has 0 aliphatic rings. The fourth-order valence-corrected chi connectivity index (χ4v) is 1.22.